The zero-order valence-electron chi connectivity index (χ0n) is 11.4. The number of anilines is 2. The van der Waals surface area contributed by atoms with Crippen LogP contribution in [0, 0.1) is 6.92 Å². The van der Waals surface area contributed by atoms with Crippen molar-refractivity contribution in [1.82, 2.24) is 0 Å². The molecule has 0 aliphatic carbocycles. The Bertz CT molecular complexity index is 549. The lowest BCUT2D eigenvalue weighted by Gasteiger charge is -2.24. The summed E-state index contributed by atoms with van der Waals surface area (Å²) in [4.78, 5) is 2.28. The number of halogens is 1. The van der Waals surface area contributed by atoms with E-state index in [0.717, 1.165) is 29.4 Å². The molecule has 0 amide bonds. The molecule has 0 fully saturated rings. The lowest BCUT2D eigenvalue weighted by atomic mass is 10.1. The average molecular weight is 275 g/mol. The van der Waals surface area contributed by atoms with Crippen molar-refractivity contribution in [3.05, 3.63) is 58.6 Å². The second-order valence-corrected chi connectivity index (χ2v) is 5.11. The van der Waals surface area contributed by atoms with Crippen LogP contribution in [0.5, 0.6) is 0 Å². The minimum Gasteiger partial charge on any atom is -0.399 e. The zero-order chi connectivity index (χ0) is 13.8. The largest absolute Gasteiger partial charge is 0.399 e. The van der Waals surface area contributed by atoms with Crippen molar-refractivity contribution in [3.8, 4) is 0 Å². The number of hydrogen-bond donors (Lipinski definition) is 1. The van der Waals surface area contributed by atoms with E-state index in [4.69, 9.17) is 17.3 Å². The highest BCUT2D eigenvalue weighted by molar-refractivity contribution is 6.31. The predicted octanol–water partition coefficient (Wildman–Crippen LogP) is 4.26. The van der Waals surface area contributed by atoms with E-state index in [1.807, 2.05) is 18.2 Å². The lowest BCUT2D eigenvalue weighted by Crippen LogP contribution is -2.22. The molecule has 2 N–H and O–H groups in total. The maximum absolute atomic E-state index is 6.23. The van der Waals surface area contributed by atoms with Crippen molar-refractivity contribution in [3.63, 3.8) is 0 Å². The molecule has 0 unspecified atom stereocenters. The van der Waals surface area contributed by atoms with Crippen LogP contribution in [0.15, 0.2) is 42.5 Å². The molecule has 0 saturated heterocycles. The molecule has 2 nitrogen and oxygen atoms in total. The van der Waals surface area contributed by atoms with E-state index < -0.39 is 0 Å². The molecule has 0 aromatic heterocycles. The SMILES string of the molecule is CCN(Cc1cc(N)ccc1Cl)c1ccc(C)cc1. The van der Waals surface area contributed by atoms with Crippen LogP contribution < -0.4 is 10.6 Å². The van der Waals surface area contributed by atoms with Gasteiger partial charge in [-0.25, -0.2) is 0 Å². The van der Waals surface area contributed by atoms with Crippen LogP contribution in [0.25, 0.3) is 0 Å². The third-order valence-corrected chi connectivity index (χ3v) is 3.58. The van der Waals surface area contributed by atoms with E-state index in [9.17, 15) is 0 Å². The molecule has 0 spiro atoms. The predicted molar refractivity (Wildman–Crippen MR) is 83.8 cm³/mol. The van der Waals surface area contributed by atoms with Crippen molar-refractivity contribution in [1.29, 1.82) is 0 Å². The monoisotopic (exact) mass is 274 g/mol. The van der Waals surface area contributed by atoms with E-state index in [1.54, 1.807) is 0 Å². The summed E-state index contributed by atoms with van der Waals surface area (Å²) < 4.78 is 0. The Morgan fingerprint density at radius 3 is 2.42 bits per heavy atom. The molecule has 0 bridgehead atoms. The summed E-state index contributed by atoms with van der Waals surface area (Å²) in [6, 6.07) is 14.2. The van der Waals surface area contributed by atoms with E-state index in [0.29, 0.717) is 0 Å². The summed E-state index contributed by atoms with van der Waals surface area (Å²) in [7, 11) is 0. The van der Waals surface area contributed by atoms with Crippen LogP contribution in [-0.2, 0) is 6.54 Å². The van der Waals surface area contributed by atoms with E-state index in [2.05, 4.69) is 43.0 Å². The molecule has 3 heteroatoms. The third kappa shape index (κ3) is 3.42. The molecule has 100 valence electrons. The highest BCUT2D eigenvalue weighted by Crippen LogP contribution is 2.23. The van der Waals surface area contributed by atoms with Gasteiger partial charge < -0.3 is 10.6 Å². The summed E-state index contributed by atoms with van der Waals surface area (Å²) in [5, 5.41) is 0.764. The van der Waals surface area contributed by atoms with Crippen molar-refractivity contribution in [2.45, 2.75) is 20.4 Å². The van der Waals surface area contributed by atoms with Gasteiger partial charge in [-0.15, -0.1) is 0 Å². The minimum atomic E-state index is 0.749. The van der Waals surface area contributed by atoms with Crippen molar-refractivity contribution < 1.29 is 0 Å². The average Bonchev–Trinajstić information content (AvgIpc) is 2.41. The van der Waals surface area contributed by atoms with E-state index in [1.165, 1.54) is 11.3 Å². The first-order valence-corrected chi connectivity index (χ1v) is 6.83. The van der Waals surface area contributed by atoms with Gasteiger partial charge in [0.15, 0.2) is 0 Å². The first-order valence-electron chi connectivity index (χ1n) is 6.45. The molecule has 0 aliphatic rings. The molecular weight excluding hydrogens is 256 g/mol. The molecule has 0 saturated carbocycles. The Labute approximate surface area is 119 Å². The number of benzene rings is 2. The molecule has 2 aromatic rings. The van der Waals surface area contributed by atoms with Gasteiger partial charge in [-0.05, 0) is 49.7 Å². The second kappa shape index (κ2) is 5.98. The summed E-state index contributed by atoms with van der Waals surface area (Å²) >= 11 is 6.23. The van der Waals surface area contributed by atoms with Gasteiger partial charge in [0, 0.05) is 29.5 Å². The molecule has 2 aromatic carbocycles. The van der Waals surface area contributed by atoms with Gasteiger partial charge in [-0.3, -0.25) is 0 Å². The lowest BCUT2D eigenvalue weighted by molar-refractivity contribution is 0.832. The fraction of sp³-hybridized carbons (Fsp3) is 0.250. The Hall–Kier alpha value is -1.67. The van der Waals surface area contributed by atoms with Gasteiger partial charge >= 0.3 is 0 Å². The Morgan fingerprint density at radius 2 is 1.79 bits per heavy atom. The highest BCUT2D eigenvalue weighted by atomic mass is 35.5. The molecule has 2 rings (SSSR count). The normalized spacial score (nSPS) is 10.5. The molecule has 0 aliphatic heterocycles. The van der Waals surface area contributed by atoms with Gasteiger partial charge in [0.05, 0.1) is 0 Å². The van der Waals surface area contributed by atoms with Crippen molar-refractivity contribution in [2.24, 2.45) is 0 Å². The van der Waals surface area contributed by atoms with Crippen LogP contribution in [0.4, 0.5) is 11.4 Å². The quantitative estimate of drug-likeness (QED) is 0.844. The van der Waals surface area contributed by atoms with Crippen molar-refractivity contribution in [2.75, 3.05) is 17.2 Å². The van der Waals surface area contributed by atoms with Crippen LogP contribution in [0.2, 0.25) is 5.02 Å². The van der Waals surface area contributed by atoms with Crippen LogP contribution in [-0.4, -0.2) is 6.54 Å². The summed E-state index contributed by atoms with van der Waals surface area (Å²) in [5.74, 6) is 0. The van der Waals surface area contributed by atoms with Gasteiger partial charge in [-0.1, -0.05) is 29.3 Å². The van der Waals surface area contributed by atoms with Gasteiger partial charge in [0.2, 0.25) is 0 Å². The number of nitrogens with zero attached hydrogens (tertiary/aromatic N) is 1. The van der Waals surface area contributed by atoms with Crippen LogP contribution >= 0.6 is 11.6 Å². The standard InChI is InChI=1S/C16H19ClN2/c1-3-19(15-7-4-12(2)5-8-15)11-13-10-14(18)6-9-16(13)17/h4-10H,3,11,18H2,1-2H3. The first-order chi connectivity index (χ1) is 9.10. The maximum Gasteiger partial charge on any atom is 0.0457 e. The van der Waals surface area contributed by atoms with Crippen molar-refractivity contribution >= 4 is 23.0 Å². The third-order valence-electron chi connectivity index (χ3n) is 3.21. The Kier molecular flexibility index (Phi) is 4.33. The Balaban J connectivity index is 2.23. The summed E-state index contributed by atoms with van der Waals surface area (Å²) in [6.07, 6.45) is 0. The second-order valence-electron chi connectivity index (χ2n) is 4.70. The summed E-state index contributed by atoms with van der Waals surface area (Å²) in [5.41, 5.74) is 10.1. The maximum atomic E-state index is 6.23. The number of hydrogen-bond acceptors (Lipinski definition) is 2. The first kappa shape index (κ1) is 13.8. The Morgan fingerprint density at radius 1 is 1.11 bits per heavy atom. The van der Waals surface area contributed by atoms with Crippen LogP contribution in [0.1, 0.15) is 18.1 Å². The van der Waals surface area contributed by atoms with E-state index >= 15 is 0 Å². The molecule has 0 atom stereocenters. The fourth-order valence-electron chi connectivity index (χ4n) is 2.06. The fourth-order valence-corrected chi connectivity index (χ4v) is 2.24. The number of nitrogens with two attached hydrogens (primary N) is 1. The molecule has 0 heterocycles. The van der Waals surface area contributed by atoms with Gasteiger partial charge in [0.25, 0.3) is 0 Å². The highest BCUT2D eigenvalue weighted by Gasteiger charge is 2.08. The minimum absolute atomic E-state index is 0.749. The molecule has 19 heavy (non-hydrogen) atoms. The zero-order valence-corrected chi connectivity index (χ0v) is 12.1. The number of rotatable bonds is 4. The number of nitrogen functional groups attached to an aromatic ring is 1. The summed E-state index contributed by atoms with van der Waals surface area (Å²) in [6.45, 7) is 5.92. The molecular formula is C16H19ClN2. The van der Waals surface area contributed by atoms with Gasteiger partial charge in [0.1, 0.15) is 0 Å². The number of aryl methyl sites for hydroxylation is 1. The molecule has 0 radical (unpaired) electrons. The topological polar surface area (TPSA) is 29.3 Å². The van der Waals surface area contributed by atoms with E-state index in [-0.39, 0.29) is 0 Å². The van der Waals surface area contributed by atoms with Crippen LogP contribution in [0.3, 0.4) is 0 Å². The van der Waals surface area contributed by atoms with Gasteiger partial charge in [-0.2, -0.15) is 0 Å². The smallest absolute Gasteiger partial charge is 0.0457 e.